The van der Waals surface area contributed by atoms with E-state index in [1.807, 2.05) is 0 Å². The molecule has 0 unspecified atom stereocenters. The molecule has 1 aliphatic heterocycles. The van der Waals surface area contributed by atoms with Gasteiger partial charge in [-0.25, -0.2) is 9.78 Å². The molecular weight excluding hydrogens is 320 g/mol. The fourth-order valence-electron chi connectivity index (χ4n) is 2.67. The highest BCUT2D eigenvalue weighted by atomic mass is 35.5. The van der Waals surface area contributed by atoms with Crippen LogP contribution >= 0.6 is 11.6 Å². The molecule has 23 heavy (non-hydrogen) atoms. The van der Waals surface area contributed by atoms with Crippen LogP contribution in [0.2, 0.25) is 5.02 Å². The summed E-state index contributed by atoms with van der Waals surface area (Å²) in [6.07, 6.45) is 3.65. The molecule has 0 aliphatic carbocycles. The van der Waals surface area contributed by atoms with E-state index in [1.165, 1.54) is 19.4 Å². The summed E-state index contributed by atoms with van der Waals surface area (Å²) in [7, 11) is 1.32. The Bertz CT molecular complexity index is 669. The lowest BCUT2D eigenvalue weighted by atomic mass is 10.0. The Labute approximate surface area is 138 Å². The Morgan fingerprint density at radius 3 is 3.04 bits per heavy atom. The average Bonchev–Trinajstić information content (AvgIpc) is 3.26. The number of esters is 1. The van der Waals surface area contributed by atoms with Crippen molar-refractivity contribution in [2.45, 2.75) is 12.5 Å². The minimum Gasteiger partial charge on any atom is -0.479 e. The van der Waals surface area contributed by atoms with Crippen molar-refractivity contribution in [2.24, 2.45) is 5.92 Å². The molecule has 1 aliphatic rings. The topological polar surface area (TPSA) is 73.6 Å². The Hall–Kier alpha value is -2.05. The van der Waals surface area contributed by atoms with Crippen LogP contribution in [-0.2, 0) is 4.74 Å². The van der Waals surface area contributed by atoms with Crippen LogP contribution < -0.4 is 10.1 Å². The maximum absolute atomic E-state index is 12.0. The summed E-state index contributed by atoms with van der Waals surface area (Å²) in [6.45, 7) is 1.71. The summed E-state index contributed by atoms with van der Waals surface area (Å²) >= 11 is 5.98. The van der Waals surface area contributed by atoms with E-state index in [9.17, 15) is 4.79 Å². The van der Waals surface area contributed by atoms with Gasteiger partial charge in [0.05, 0.1) is 13.3 Å². The van der Waals surface area contributed by atoms with E-state index in [2.05, 4.69) is 10.3 Å². The van der Waals surface area contributed by atoms with Crippen molar-refractivity contribution in [1.29, 1.82) is 0 Å². The molecule has 0 saturated carbocycles. The number of oxazole rings is 1. The quantitative estimate of drug-likeness (QED) is 0.846. The number of nitrogens with zero attached hydrogens (tertiary/aromatic N) is 1. The van der Waals surface area contributed by atoms with Crippen molar-refractivity contribution in [3.8, 4) is 5.75 Å². The van der Waals surface area contributed by atoms with Crippen molar-refractivity contribution in [2.75, 3.05) is 20.2 Å². The van der Waals surface area contributed by atoms with Crippen molar-refractivity contribution in [3.63, 3.8) is 0 Å². The summed E-state index contributed by atoms with van der Waals surface area (Å²) in [5, 5.41) is 3.73. The zero-order chi connectivity index (χ0) is 16.2. The van der Waals surface area contributed by atoms with Crippen LogP contribution in [0.4, 0.5) is 0 Å². The lowest BCUT2D eigenvalue weighted by molar-refractivity contribution is 0.0583. The Balaban J connectivity index is 1.92. The molecule has 1 fully saturated rings. The van der Waals surface area contributed by atoms with Gasteiger partial charge in [0.1, 0.15) is 17.6 Å². The zero-order valence-electron chi connectivity index (χ0n) is 12.6. The molecule has 122 valence electrons. The minimum absolute atomic E-state index is 0.204. The number of nitrogens with one attached hydrogen (secondary N) is 1. The van der Waals surface area contributed by atoms with E-state index in [-0.39, 0.29) is 17.6 Å². The lowest BCUT2D eigenvalue weighted by Gasteiger charge is -2.22. The van der Waals surface area contributed by atoms with E-state index in [0.29, 0.717) is 16.7 Å². The van der Waals surface area contributed by atoms with Crippen LogP contribution in [0.1, 0.15) is 28.8 Å². The predicted octanol–water partition coefficient (Wildman–Crippen LogP) is 2.84. The van der Waals surface area contributed by atoms with E-state index in [1.54, 1.807) is 18.3 Å². The number of ether oxygens (including phenoxy) is 2. The van der Waals surface area contributed by atoms with Gasteiger partial charge in [-0.05, 0) is 31.2 Å². The van der Waals surface area contributed by atoms with Gasteiger partial charge in [0.15, 0.2) is 6.10 Å². The maximum Gasteiger partial charge on any atom is 0.341 e. The van der Waals surface area contributed by atoms with Crippen molar-refractivity contribution in [1.82, 2.24) is 10.3 Å². The monoisotopic (exact) mass is 336 g/mol. The molecule has 3 rings (SSSR count). The van der Waals surface area contributed by atoms with Crippen LogP contribution in [0.15, 0.2) is 35.1 Å². The van der Waals surface area contributed by atoms with Gasteiger partial charge in [0.25, 0.3) is 0 Å². The largest absolute Gasteiger partial charge is 0.479 e. The van der Waals surface area contributed by atoms with Gasteiger partial charge in [-0.3, -0.25) is 0 Å². The molecule has 1 aromatic carbocycles. The molecule has 6 nitrogen and oxygen atoms in total. The zero-order valence-corrected chi connectivity index (χ0v) is 13.4. The molecule has 1 aromatic heterocycles. The number of benzene rings is 1. The SMILES string of the molecule is COC(=O)c1cc(Cl)ccc1O[C@H](c1ncco1)[C@@H]1CCNC1. The maximum atomic E-state index is 12.0. The van der Waals surface area contributed by atoms with E-state index in [4.69, 9.17) is 25.5 Å². The molecule has 0 spiro atoms. The van der Waals surface area contributed by atoms with Crippen molar-refractivity contribution >= 4 is 17.6 Å². The van der Waals surface area contributed by atoms with E-state index < -0.39 is 5.97 Å². The fourth-order valence-corrected chi connectivity index (χ4v) is 2.84. The average molecular weight is 337 g/mol. The van der Waals surface area contributed by atoms with Crippen LogP contribution in [0, 0.1) is 5.92 Å². The summed E-state index contributed by atoms with van der Waals surface area (Å²) in [5.74, 6) is 0.592. The van der Waals surface area contributed by atoms with Gasteiger partial charge < -0.3 is 19.2 Å². The normalized spacial score (nSPS) is 18.6. The first-order valence-corrected chi connectivity index (χ1v) is 7.71. The number of methoxy groups -OCH3 is 1. The third-order valence-electron chi connectivity index (χ3n) is 3.82. The first kappa shape index (κ1) is 15.8. The number of carbonyl (C=O) groups is 1. The second-order valence-corrected chi connectivity index (χ2v) is 5.73. The highest BCUT2D eigenvalue weighted by Crippen LogP contribution is 2.34. The number of carbonyl (C=O) groups excluding carboxylic acids is 1. The van der Waals surface area contributed by atoms with Gasteiger partial charge in [-0.1, -0.05) is 11.6 Å². The number of aromatic nitrogens is 1. The van der Waals surface area contributed by atoms with Gasteiger partial charge in [-0.2, -0.15) is 0 Å². The number of hydrogen-bond donors (Lipinski definition) is 1. The summed E-state index contributed by atoms with van der Waals surface area (Å²) in [5.41, 5.74) is 0.280. The molecule has 1 saturated heterocycles. The Morgan fingerprint density at radius 2 is 2.39 bits per heavy atom. The molecule has 2 aromatic rings. The molecule has 2 heterocycles. The minimum atomic E-state index is -0.502. The molecule has 0 amide bonds. The summed E-state index contributed by atoms with van der Waals surface area (Å²) in [4.78, 5) is 16.2. The highest BCUT2D eigenvalue weighted by molar-refractivity contribution is 6.31. The van der Waals surface area contributed by atoms with Gasteiger partial charge in [0.2, 0.25) is 5.89 Å². The van der Waals surface area contributed by atoms with Crippen LogP contribution in [0.3, 0.4) is 0 Å². The molecule has 2 atom stereocenters. The molecule has 1 N–H and O–H groups in total. The number of hydrogen-bond acceptors (Lipinski definition) is 6. The second kappa shape index (κ2) is 7.02. The third kappa shape index (κ3) is 3.48. The number of halogens is 1. The second-order valence-electron chi connectivity index (χ2n) is 5.29. The highest BCUT2D eigenvalue weighted by Gasteiger charge is 2.32. The third-order valence-corrected chi connectivity index (χ3v) is 4.06. The Morgan fingerprint density at radius 1 is 1.52 bits per heavy atom. The van der Waals surface area contributed by atoms with Crippen LogP contribution in [0.25, 0.3) is 0 Å². The van der Waals surface area contributed by atoms with Crippen molar-refractivity contribution < 1.29 is 18.7 Å². The molecular formula is C16H17ClN2O4. The smallest absolute Gasteiger partial charge is 0.341 e. The van der Waals surface area contributed by atoms with E-state index >= 15 is 0 Å². The van der Waals surface area contributed by atoms with Crippen molar-refractivity contribution in [3.05, 3.63) is 47.1 Å². The number of rotatable bonds is 5. The van der Waals surface area contributed by atoms with Gasteiger partial charge >= 0.3 is 5.97 Å². The first-order valence-electron chi connectivity index (χ1n) is 7.33. The van der Waals surface area contributed by atoms with Crippen LogP contribution in [-0.4, -0.2) is 31.2 Å². The molecule has 7 heteroatoms. The molecule has 0 bridgehead atoms. The fraction of sp³-hybridized carbons (Fsp3) is 0.375. The van der Waals surface area contributed by atoms with Crippen LogP contribution in [0.5, 0.6) is 5.75 Å². The van der Waals surface area contributed by atoms with Gasteiger partial charge in [-0.15, -0.1) is 0 Å². The van der Waals surface area contributed by atoms with Gasteiger partial charge in [0, 0.05) is 17.5 Å². The standard InChI is InChI=1S/C16H17ClN2O4/c1-21-16(20)12-8-11(17)2-3-13(12)23-14(10-4-5-18-9-10)15-19-6-7-22-15/h2-3,6-8,10,14,18H,4-5,9H2,1H3/t10-,14+/m1/s1. The lowest BCUT2D eigenvalue weighted by Crippen LogP contribution is -2.22. The Kier molecular flexibility index (Phi) is 4.83. The molecule has 0 radical (unpaired) electrons. The first-order chi connectivity index (χ1) is 11.2. The van der Waals surface area contributed by atoms with E-state index in [0.717, 1.165) is 19.5 Å². The predicted molar refractivity (Wildman–Crippen MR) is 83.6 cm³/mol. The summed E-state index contributed by atoms with van der Waals surface area (Å²) < 4.78 is 16.3. The summed E-state index contributed by atoms with van der Waals surface area (Å²) in [6, 6.07) is 4.86.